The number of aryl methyl sites for hydroxylation is 1. The average molecular weight is 337 g/mol. The molecule has 4 rings (SSSR count). The van der Waals surface area contributed by atoms with Crippen LogP contribution in [0.15, 0.2) is 48.5 Å². The Balaban J connectivity index is 1.71. The van der Waals surface area contributed by atoms with E-state index >= 15 is 0 Å². The first kappa shape index (κ1) is 15.6. The van der Waals surface area contributed by atoms with Gasteiger partial charge in [-0.15, -0.1) is 5.10 Å². The third-order valence-electron chi connectivity index (χ3n) is 4.75. The lowest BCUT2D eigenvalue weighted by Crippen LogP contribution is -2.28. The zero-order valence-corrected chi connectivity index (χ0v) is 14.0. The van der Waals surface area contributed by atoms with Crippen LogP contribution in [0.2, 0.25) is 0 Å². The largest absolute Gasteiger partial charge is 0.366 e. The molecular weight excluding hydrogens is 317 g/mol. The van der Waals surface area contributed by atoms with Gasteiger partial charge in [-0.05, 0) is 41.7 Å². The van der Waals surface area contributed by atoms with Crippen LogP contribution in [0.25, 0.3) is 0 Å². The maximum atomic E-state index is 13.3. The van der Waals surface area contributed by atoms with E-state index in [2.05, 4.69) is 46.6 Å². The first-order valence-corrected chi connectivity index (χ1v) is 8.47. The van der Waals surface area contributed by atoms with Crippen molar-refractivity contribution in [2.45, 2.75) is 31.8 Å². The summed E-state index contributed by atoms with van der Waals surface area (Å²) in [5, 5.41) is 7.73. The number of anilines is 2. The van der Waals surface area contributed by atoms with Crippen LogP contribution >= 0.6 is 0 Å². The summed E-state index contributed by atoms with van der Waals surface area (Å²) in [7, 11) is 0. The average Bonchev–Trinajstić information content (AvgIpc) is 3.02. The van der Waals surface area contributed by atoms with Crippen LogP contribution < -0.4 is 11.1 Å². The molecule has 25 heavy (non-hydrogen) atoms. The Hall–Kier alpha value is -2.89. The van der Waals surface area contributed by atoms with Gasteiger partial charge in [-0.3, -0.25) is 0 Å². The van der Waals surface area contributed by atoms with Gasteiger partial charge in [0.1, 0.15) is 5.82 Å². The smallest absolute Gasteiger partial charge is 0.241 e. The van der Waals surface area contributed by atoms with Crippen molar-refractivity contribution in [1.29, 1.82) is 0 Å². The van der Waals surface area contributed by atoms with E-state index in [1.54, 1.807) is 16.8 Å². The van der Waals surface area contributed by atoms with E-state index in [1.165, 1.54) is 23.3 Å². The molecule has 3 N–H and O–H groups in total. The van der Waals surface area contributed by atoms with Crippen molar-refractivity contribution in [3.8, 4) is 0 Å². The van der Waals surface area contributed by atoms with Crippen molar-refractivity contribution in [2.24, 2.45) is 0 Å². The predicted octanol–water partition coefficient (Wildman–Crippen LogP) is 3.71. The van der Waals surface area contributed by atoms with Crippen LogP contribution in [0.1, 0.15) is 42.1 Å². The molecule has 3 aromatic rings. The summed E-state index contributed by atoms with van der Waals surface area (Å²) in [5.74, 6) is 0.627. The van der Waals surface area contributed by atoms with E-state index in [1.807, 2.05) is 0 Å². The van der Waals surface area contributed by atoms with Crippen LogP contribution in [0.5, 0.6) is 0 Å². The monoisotopic (exact) mass is 337 g/mol. The first-order chi connectivity index (χ1) is 12.1. The quantitative estimate of drug-likeness (QED) is 0.764. The summed E-state index contributed by atoms with van der Waals surface area (Å²) >= 11 is 0. The molecule has 0 aliphatic carbocycles. The summed E-state index contributed by atoms with van der Waals surface area (Å²) in [6, 6.07) is 15.2. The molecule has 0 unspecified atom stereocenters. The van der Waals surface area contributed by atoms with Crippen molar-refractivity contribution >= 4 is 11.9 Å². The molecule has 0 radical (unpaired) electrons. The standard InChI is InChI=1S/C19H20FN5/c1-2-12-3-5-13(6-4-12)16-11-17(14-7-9-15(20)10-8-14)25-19(22-16)23-18(21)24-25/h3-10,16-17H,2,11H2,1H3,(H3,21,22,23,24)/t16-,17-/m0/s1. The summed E-state index contributed by atoms with van der Waals surface area (Å²) in [5.41, 5.74) is 9.29. The van der Waals surface area contributed by atoms with Crippen LogP contribution in [0, 0.1) is 5.82 Å². The predicted molar refractivity (Wildman–Crippen MR) is 95.8 cm³/mol. The fraction of sp³-hybridized carbons (Fsp3) is 0.263. The van der Waals surface area contributed by atoms with Gasteiger partial charge in [0, 0.05) is 0 Å². The minimum absolute atomic E-state index is 0.0440. The zero-order chi connectivity index (χ0) is 17.4. The van der Waals surface area contributed by atoms with Gasteiger partial charge in [-0.2, -0.15) is 4.98 Å². The van der Waals surface area contributed by atoms with Crippen molar-refractivity contribution < 1.29 is 4.39 Å². The van der Waals surface area contributed by atoms with E-state index in [0.717, 1.165) is 18.4 Å². The topological polar surface area (TPSA) is 68.8 Å². The molecule has 2 aromatic carbocycles. The summed E-state index contributed by atoms with van der Waals surface area (Å²) in [4.78, 5) is 4.30. The van der Waals surface area contributed by atoms with E-state index in [-0.39, 0.29) is 23.8 Å². The highest BCUT2D eigenvalue weighted by Crippen LogP contribution is 2.38. The molecule has 0 saturated carbocycles. The highest BCUT2D eigenvalue weighted by molar-refractivity contribution is 5.42. The number of nitrogens with two attached hydrogens (primary N) is 1. The van der Waals surface area contributed by atoms with Crippen molar-refractivity contribution in [3.05, 3.63) is 71.0 Å². The third-order valence-corrected chi connectivity index (χ3v) is 4.75. The summed E-state index contributed by atoms with van der Waals surface area (Å²) in [6.45, 7) is 2.14. The van der Waals surface area contributed by atoms with E-state index in [9.17, 15) is 4.39 Å². The molecule has 2 atom stereocenters. The molecule has 0 spiro atoms. The minimum atomic E-state index is -0.247. The van der Waals surface area contributed by atoms with Crippen molar-refractivity contribution in [2.75, 3.05) is 11.1 Å². The number of nitrogens with one attached hydrogen (secondary N) is 1. The minimum Gasteiger partial charge on any atom is -0.366 e. The van der Waals surface area contributed by atoms with Crippen LogP contribution in [-0.2, 0) is 6.42 Å². The molecule has 128 valence electrons. The molecule has 1 aliphatic heterocycles. The summed E-state index contributed by atoms with van der Waals surface area (Å²) < 4.78 is 15.1. The highest BCUT2D eigenvalue weighted by atomic mass is 19.1. The molecular formula is C19H20FN5. The fourth-order valence-electron chi connectivity index (χ4n) is 3.36. The lowest BCUT2D eigenvalue weighted by molar-refractivity contribution is 0.431. The molecule has 2 heterocycles. The molecule has 0 amide bonds. The molecule has 0 fully saturated rings. The Bertz CT molecular complexity index is 870. The van der Waals surface area contributed by atoms with Gasteiger partial charge in [0.05, 0.1) is 12.1 Å². The van der Waals surface area contributed by atoms with E-state index in [0.29, 0.717) is 5.95 Å². The van der Waals surface area contributed by atoms with Gasteiger partial charge in [0.15, 0.2) is 0 Å². The van der Waals surface area contributed by atoms with Gasteiger partial charge >= 0.3 is 0 Å². The number of fused-ring (bicyclic) bond motifs is 1. The van der Waals surface area contributed by atoms with Gasteiger partial charge in [0.2, 0.25) is 11.9 Å². The van der Waals surface area contributed by atoms with Gasteiger partial charge in [0.25, 0.3) is 0 Å². The lowest BCUT2D eigenvalue weighted by Gasteiger charge is -2.31. The number of nitrogen functional groups attached to an aromatic ring is 1. The van der Waals surface area contributed by atoms with Crippen LogP contribution in [0.4, 0.5) is 16.3 Å². The first-order valence-electron chi connectivity index (χ1n) is 8.47. The number of hydrogen-bond acceptors (Lipinski definition) is 4. The lowest BCUT2D eigenvalue weighted by atomic mass is 9.93. The number of benzene rings is 2. The number of rotatable bonds is 3. The molecule has 1 aromatic heterocycles. The normalized spacial score (nSPS) is 19.3. The van der Waals surface area contributed by atoms with Gasteiger partial charge in [-0.1, -0.05) is 43.3 Å². The van der Waals surface area contributed by atoms with Crippen LogP contribution in [0.3, 0.4) is 0 Å². The Labute approximate surface area is 145 Å². The Morgan fingerprint density at radius 1 is 1.12 bits per heavy atom. The fourth-order valence-corrected chi connectivity index (χ4v) is 3.36. The third kappa shape index (κ3) is 2.95. The molecule has 5 nitrogen and oxygen atoms in total. The second-order valence-electron chi connectivity index (χ2n) is 6.33. The molecule has 0 bridgehead atoms. The molecule has 1 aliphatic rings. The maximum absolute atomic E-state index is 13.3. The number of halogens is 1. The summed E-state index contributed by atoms with van der Waals surface area (Å²) in [6.07, 6.45) is 1.80. The number of nitrogens with zero attached hydrogens (tertiary/aromatic N) is 3. The van der Waals surface area contributed by atoms with Crippen molar-refractivity contribution in [1.82, 2.24) is 14.8 Å². The second kappa shape index (κ2) is 6.20. The highest BCUT2D eigenvalue weighted by Gasteiger charge is 2.30. The van der Waals surface area contributed by atoms with Crippen LogP contribution in [-0.4, -0.2) is 14.8 Å². The maximum Gasteiger partial charge on any atom is 0.241 e. The Kier molecular flexibility index (Phi) is 3.87. The van der Waals surface area contributed by atoms with Crippen molar-refractivity contribution in [3.63, 3.8) is 0 Å². The SMILES string of the molecule is CCc1ccc([C@@H]2C[C@@H](c3ccc(F)cc3)n3nc(N)nc3N2)cc1. The Morgan fingerprint density at radius 3 is 2.48 bits per heavy atom. The van der Waals surface area contributed by atoms with Gasteiger partial charge in [-0.25, -0.2) is 9.07 Å². The molecule has 6 heteroatoms. The molecule has 0 saturated heterocycles. The van der Waals surface area contributed by atoms with Gasteiger partial charge < -0.3 is 11.1 Å². The van der Waals surface area contributed by atoms with E-state index in [4.69, 9.17) is 5.73 Å². The number of hydrogen-bond donors (Lipinski definition) is 2. The zero-order valence-electron chi connectivity index (χ0n) is 14.0. The van der Waals surface area contributed by atoms with E-state index < -0.39 is 0 Å². The second-order valence-corrected chi connectivity index (χ2v) is 6.33. The Morgan fingerprint density at radius 2 is 1.80 bits per heavy atom. The number of aromatic nitrogens is 3.